The molecule has 2 aromatic carbocycles. The number of nitrogens with zero attached hydrogens (tertiary/aromatic N) is 5. The van der Waals surface area contributed by atoms with E-state index in [9.17, 15) is 29.8 Å². The van der Waals surface area contributed by atoms with Crippen LogP contribution in [0.15, 0.2) is 71.0 Å². The van der Waals surface area contributed by atoms with E-state index in [0.29, 0.717) is 0 Å². The van der Waals surface area contributed by atoms with Crippen LogP contribution in [0, 0.1) is 38.2 Å². The van der Waals surface area contributed by atoms with Crippen LogP contribution >= 0.6 is 0 Å². The highest BCUT2D eigenvalue weighted by Gasteiger charge is 2.65. The quantitative estimate of drug-likeness (QED) is 0.343. The topological polar surface area (TPSA) is 179 Å². The maximum atomic E-state index is 13.8. The van der Waals surface area contributed by atoms with Gasteiger partial charge in [-0.25, -0.2) is 14.6 Å². The van der Waals surface area contributed by atoms with Crippen LogP contribution in [0.2, 0.25) is 0 Å². The van der Waals surface area contributed by atoms with E-state index >= 15 is 0 Å². The Morgan fingerprint density at radius 2 is 1.68 bits per heavy atom. The van der Waals surface area contributed by atoms with Gasteiger partial charge in [-0.05, 0) is 31.2 Å². The minimum absolute atomic E-state index is 0.0696. The second kappa shape index (κ2) is 9.58. The predicted octanol–water partition coefficient (Wildman–Crippen LogP) is 2.54. The average molecular weight is 516 g/mol. The minimum Gasteiger partial charge on any atom is -0.466 e. The fraction of sp³-hybridized carbons (Fsp3) is 0.200. The van der Waals surface area contributed by atoms with Crippen molar-refractivity contribution >= 4 is 46.5 Å². The van der Waals surface area contributed by atoms with E-state index in [0.717, 1.165) is 24.1 Å². The summed E-state index contributed by atoms with van der Waals surface area (Å²) in [6.45, 7) is 1.44. The molecule has 0 bridgehead atoms. The monoisotopic (exact) mass is 516 g/mol. The van der Waals surface area contributed by atoms with Crippen molar-refractivity contribution in [3.05, 3.63) is 76.0 Å². The van der Waals surface area contributed by atoms with Crippen LogP contribution in [0.4, 0.5) is 17.1 Å². The molecule has 13 nitrogen and oxygen atoms in total. The maximum absolute atomic E-state index is 13.8. The number of amides is 1. The lowest BCUT2D eigenvalue weighted by Crippen LogP contribution is -2.48. The van der Waals surface area contributed by atoms with Crippen LogP contribution in [-0.4, -0.2) is 48.5 Å². The minimum atomic E-state index is -2.33. The number of anilines is 2. The number of nitro groups is 1. The third kappa shape index (κ3) is 3.66. The van der Waals surface area contributed by atoms with E-state index in [1.807, 2.05) is 6.07 Å². The number of methoxy groups -OCH3 is 2. The first-order valence-electron chi connectivity index (χ1n) is 11.0. The standard InChI is InChI=1S/C25H20N6O7/c1-14-18(21(32)30(28-14)16-9-11-17(12-10-16)31(35)36)25(13-26)19(22(33)37-2)20(23(34)38-3)29(24(25)27)15-7-5-4-6-8-15/h4-12,18,27H,1-3H3. The summed E-state index contributed by atoms with van der Waals surface area (Å²) in [6, 6.07) is 15.0. The number of nitro benzene ring substituents is 1. The molecule has 4 rings (SSSR count). The maximum Gasteiger partial charge on any atom is 0.355 e. The fourth-order valence-corrected chi connectivity index (χ4v) is 4.61. The molecule has 2 atom stereocenters. The number of hydrogen-bond acceptors (Lipinski definition) is 10. The van der Waals surface area contributed by atoms with E-state index in [4.69, 9.17) is 14.9 Å². The Hall–Kier alpha value is -5.38. The molecule has 0 saturated carbocycles. The van der Waals surface area contributed by atoms with Crippen molar-refractivity contribution in [2.24, 2.45) is 16.4 Å². The molecule has 0 spiro atoms. The SMILES string of the molecule is COC(=O)C1=C(C(=O)OC)C(C#N)(C2C(=O)N(c3ccc([N+](=O)[O-])cc3)N=C2C)C(=N)N1c1ccccc1. The number of amidine groups is 1. The van der Waals surface area contributed by atoms with Gasteiger partial charge in [0, 0.05) is 17.8 Å². The fourth-order valence-electron chi connectivity index (χ4n) is 4.61. The van der Waals surface area contributed by atoms with Gasteiger partial charge >= 0.3 is 11.9 Å². The highest BCUT2D eigenvalue weighted by atomic mass is 16.6. The first-order valence-corrected chi connectivity index (χ1v) is 11.0. The Morgan fingerprint density at radius 1 is 1.08 bits per heavy atom. The highest BCUT2D eigenvalue weighted by molar-refractivity contribution is 6.28. The number of rotatable bonds is 6. The van der Waals surface area contributed by atoms with Gasteiger partial charge in [-0.2, -0.15) is 10.4 Å². The number of non-ortho nitro benzene ring substituents is 1. The molecule has 0 aromatic heterocycles. The molecule has 0 aliphatic carbocycles. The summed E-state index contributed by atoms with van der Waals surface area (Å²) < 4.78 is 9.82. The lowest BCUT2D eigenvalue weighted by Gasteiger charge is -2.30. The summed E-state index contributed by atoms with van der Waals surface area (Å²) >= 11 is 0. The molecule has 0 fully saturated rings. The van der Waals surface area contributed by atoms with Crippen molar-refractivity contribution in [2.75, 3.05) is 24.1 Å². The van der Waals surface area contributed by atoms with Crippen LogP contribution in [0.25, 0.3) is 0 Å². The van der Waals surface area contributed by atoms with Crippen molar-refractivity contribution < 1.29 is 28.8 Å². The van der Waals surface area contributed by atoms with Gasteiger partial charge in [0.1, 0.15) is 17.5 Å². The number of nitrogens with one attached hydrogen (secondary N) is 1. The van der Waals surface area contributed by atoms with Crippen molar-refractivity contribution in [3.63, 3.8) is 0 Å². The zero-order valence-electron chi connectivity index (χ0n) is 20.4. The molecule has 1 amide bonds. The van der Waals surface area contributed by atoms with Crippen LogP contribution in [0.5, 0.6) is 0 Å². The van der Waals surface area contributed by atoms with Crippen LogP contribution < -0.4 is 9.91 Å². The first-order chi connectivity index (χ1) is 18.1. The van der Waals surface area contributed by atoms with Gasteiger partial charge < -0.3 is 9.47 Å². The molecular weight excluding hydrogens is 496 g/mol. The highest BCUT2D eigenvalue weighted by Crippen LogP contribution is 2.51. The predicted molar refractivity (Wildman–Crippen MR) is 133 cm³/mol. The van der Waals surface area contributed by atoms with E-state index in [-0.39, 0.29) is 22.8 Å². The van der Waals surface area contributed by atoms with Crippen LogP contribution in [-0.2, 0) is 23.9 Å². The molecule has 2 aliphatic rings. The zero-order valence-corrected chi connectivity index (χ0v) is 20.4. The van der Waals surface area contributed by atoms with Crippen LogP contribution in [0.3, 0.4) is 0 Å². The number of hydrogen-bond donors (Lipinski definition) is 1. The summed E-state index contributed by atoms with van der Waals surface area (Å²) in [6.07, 6.45) is 0. The number of carbonyl (C=O) groups excluding carboxylic acids is 3. The number of carbonyl (C=O) groups is 3. The van der Waals surface area contributed by atoms with E-state index in [1.165, 1.54) is 31.2 Å². The van der Waals surface area contributed by atoms with Gasteiger partial charge in [0.05, 0.1) is 42.2 Å². The van der Waals surface area contributed by atoms with Gasteiger partial charge in [0.15, 0.2) is 5.41 Å². The van der Waals surface area contributed by atoms with Gasteiger partial charge in [-0.15, -0.1) is 0 Å². The lowest BCUT2D eigenvalue weighted by molar-refractivity contribution is -0.384. The summed E-state index contributed by atoms with van der Waals surface area (Å²) in [4.78, 5) is 51.5. The molecule has 192 valence electrons. The molecule has 0 radical (unpaired) electrons. The number of benzene rings is 2. The Balaban J connectivity index is 1.93. The third-order valence-electron chi connectivity index (χ3n) is 6.28. The number of hydrazone groups is 1. The Bertz CT molecular complexity index is 1480. The Labute approximate surface area is 215 Å². The number of ether oxygens (including phenoxy) is 2. The second-order valence-electron chi connectivity index (χ2n) is 8.24. The Morgan fingerprint density at radius 3 is 2.21 bits per heavy atom. The summed E-state index contributed by atoms with van der Waals surface area (Å²) in [5.41, 5.74) is -3.01. The molecule has 13 heteroatoms. The van der Waals surface area contributed by atoms with Crippen molar-refractivity contribution in [1.82, 2.24) is 0 Å². The van der Waals surface area contributed by atoms with Gasteiger partial charge in [-0.3, -0.25) is 25.2 Å². The molecule has 2 unspecified atom stereocenters. The molecule has 2 aliphatic heterocycles. The molecule has 2 heterocycles. The van der Waals surface area contributed by atoms with E-state index < -0.39 is 51.2 Å². The first kappa shape index (κ1) is 25.7. The number of esters is 2. The van der Waals surface area contributed by atoms with E-state index in [2.05, 4.69) is 5.10 Å². The van der Waals surface area contributed by atoms with Gasteiger partial charge in [0.25, 0.3) is 11.6 Å². The summed E-state index contributed by atoms with van der Waals surface area (Å²) in [5.74, 6) is -4.99. The average Bonchev–Trinajstić information content (AvgIpc) is 3.38. The van der Waals surface area contributed by atoms with Gasteiger partial charge in [-0.1, -0.05) is 18.2 Å². The lowest BCUT2D eigenvalue weighted by atomic mass is 9.68. The molecule has 38 heavy (non-hydrogen) atoms. The smallest absolute Gasteiger partial charge is 0.355 e. The largest absolute Gasteiger partial charge is 0.466 e. The number of nitriles is 1. The Kier molecular flexibility index (Phi) is 6.48. The summed E-state index contributed by atoms with van der Waals surface area (Å²) in [5, 5.41) is 35.9. The second-order valence-corrected chi connectivity index (χ2v) is 8.24. The normalized spacial score (nSPS) is 20.8. The van der Waals surface area contributed by atoms with Crippen LogP contribution in [0.1, 0.15) is 6.92 Å². The van der Waals surface area contributed by atoms with E-state index in [1.54, 1.807) is 30.3 Å². The third-order valence-corrected chi connectivity index (χ3v) is 6.28. The van der Waals surface area contributed by atoms with Crippen molar-refractivity contribution in [1.29, 1.82) is 10.7 Å². The van der Waals surface area contributed by atoms with Crippen molar-refractivity contribution in [3.8, 4) is 6.07 Å². The van der Waals surface area contributed by atoms with Crippen molar-refractivity contribution in [2.45, 2.75) is 6.92 Å². The summed E-state index contributed by atoms with van der Waals surface area (Å²) in [7, 11) is 2.12. The molecule has 2 aromatic rings. The molecule has 1 N–H and O–H groups in total. The zero-order chi connectivity index (χ0) is 27.8. The molecule has 0 saturated heterocycles. The number of para-hydroxylation sites is 1. The molecular formula is C25H20N6O7. The van der Waals surface area contributed by atoms with Gasteiger partial charge in [0.2, 0.25) is 0 Å².